The van der Waals surface area contributed by atoms with Crippen LogP contribution in [0, 0.1) is 13.8 Å². The maximum atomic E-state index is 10.5. The van der Waals surface area contributed by atoms with Gasteiger partial charge in [-0.25, -0.2) is 0 Å². The van der Waals surface area contributed by atoms with Crippen LogP contribution in [0.1, 0.15) is 30.0 Å². The van der Waals surface area contributed by atoms with Crippen LogP contribution >= 0.6 is 0 Å². The van der Waals surface area contributed by atoms with Crippen molar-refractivity contribution in [2.45, 2.75) is 32.8 Å². The van der Waals surface area contributed by atoms with Crippen LogP contribution in [0.3, 0.4) is 0 Å². The van der Waals surface area contributed by atoms with Crippen LogP contribution in [0.15, 0.2) is 18.2 Å². The van der Waals surface area contributed by atoms with E-state index in [4.69, 9.17) is 4.74 Å². The van der Waals surface area contributed by atoms with Gasteiger partial charge in [-0.05, 0) is 44.9 Å². The van der Waals surface area contributed by atoms with Gasteiger partial charge in [0.1, 0.15) is 0 Å². The second kappa shape index (κ2) is 6.88. The third kappa shape index (κ3) is 4.41. The van der Waals surface area contributed by atoms with Crippen LogP contribution in [-0.4, -0.2) is 31.9 Å². The quantitative estimate of drug-likeness (QED) is 0.730. The molecule has 1 atom stereocenters. The Labute approximate surface area is 110 Å². The fourth-order valence-corrected chi connectivity index (χ4v) is 2.18. The van der Waals surface area contributed by atoms with Crippen LogP contribution in [0.5, 0.6) is 0 Å². The zero-order chi connectivity index (χ0) is 13.6. The molecule has 3 heteroatoms. The van der Waals surface area contributed by atoms with Gasteiger partial charge in [0.05, 0.1) is 12.2 Å². The van der Waals surface area contributed by atoms with Gasteiger partial charge >= 0.3 is 0 Å². The summed E-state index contributed by atoms with van der Waals surface area (Å²) in [4.78, 5) is 0. The van der Waals surface area contributed by atoms with Crippen molar-refractivity contribution in [3.05, 3.63) is 34.9 Å². The van der Waals surface area contributed by atoms with Gasteiger partial charge in [0.15, 0.2) is 0 Å². The molecule has 0 heterocycles. The van der Waals surface area contributed by atoms with E-state index < -0.39 is 5.60 Å². The van der Waals surface area contributed by atoms with Crippen molar-refractivity contribution >= 4 is 0 Å². The van der Waals surface area contributed by atoms with E-state index in [1.165, 1.54) is 5.56 Å². The normalized spacial score (nSPS) is 14.5. The molecule has 0 bridgehead atoms. The molecule has 1 aromatic rings. The van der Waals surface area contributed by atoms with Crippen molar-refractivity contribution in [1.29, 1.82) is 0 Å². The van der Waals surface area contributed by atoms with Gasteiger partial charge < -0.3 is 15.2 Å². The fourth-order valence-electron chi connectivity index (χ4n) is 2.18. The van der Waals surface area contributed by atoms with Gasteiger partial charge in [-0.15, -0.1) is 0 Å². The van der Waals surface area contributed by atoms with Gasteiger partial charge in [-0.1, -0.05) is 23.8 Å². The zero-order valence-electron chi connectivity index (χ0n) is 11.9. The first-order valence-corrected chi connectivity index (χ1v) is 6.47. The topological polar surface area (TPSA) is 41.5 Å². The molecule has 18 heavy (non-hydrogen) atoms. The van der Waals surface area contributed by atoms with Crippen molar-refractivity contribution in [3.8, 4) is 0 Å². The first-order valence-electron chi connectivity index (χ1n) is 6.47. The number of aliphatic hydroxyl groups is 1. The number of nitrogens with one attached hydrogen (secondary N) is 1. The van der Waals surface area contributed by atoms with Crippen LogP contribution < -0.4 is 5.32 Å². The van der Waals surface area contributed by atoms with E-state index in [0.29, 0.717) is 13.0 Å². The first-order chi connectivity index (χ1) is 8.47. The molecule has 0 aliphatic carbocycles. The minimum atomic E-state index is -0.780. The lowest BCUT2D eigenvalue weighted by atomic mass is 9.88. The summed E-state index contributed by atoms with van der Waals surface area (Å²) in [5.74, 6) is 0. The van der Waals surface area contributed by atoms with Crippen LogP contribution in [0.25, 0.3) is 0 Å². The predicted molar refractivity (Wildman–Crippen MR) is 74.8 cm³/mol. The summed E-state index contributed by atoms with van der Waals surface area (Å²) < 4.78 is 4.97. The largest absolute Gasteiger partial charge is 0.385 e. The van der Waals surface area contributed by atoms with Crippen LogP contribution in [0.4, 0.5) is 0 Å². The molecule has 0 radical (unpaired) electrons. The molecule has 0 saturated carbocycles. The third-order valence-corrected chi connectivity index (χ3v) is 3.23. The first kappa shape index (κ1) is 15.2. The molecule has 0 aliphatic heterocycles. The van der Waals surface area contributed by atoms with E-state index in [0.717, 1.165) is 24.2 Å². The smallest absolute Gasteiger partial charge is 0.0883 e. The van der Waals surface area contributed by atoms with E-state index >= 15 is 0 Å². The molecule has 0 saturated heterocycles. The minimum absolute atomic E-state index is 0.695. The van der Waals surface area contributed by atoms with Gasteiger partial charge in [0, 0.05) is 13.7 Å². The summed E-state index contributed by atoms with van der Waals surface area (Å²) in [6, 6.07) is 6.19. The van der Waals surface area contributed by atoms with Gasteiger partial charge in [-0.2, -0.15) is 0 Å². The van der Waals surface area contributed by atoms with Crippen LogP contribution in [-0.2, 0) is 10.3 Å². The standard InChI is InChI=1S/C15H25NO2/c1-12-5-6-14(13(2)11-12)15(3,17)7-8-16-9-10-18-4/h5-6,11,16-17H,7-10H2,1-4H3. The molecule has 102 valence electrons. The number of benzene rings is 1. The zero-order valence-corrected chi connectivity index (χ0v) is 11.9. The monoisotopic (exact) mass is 251 g/mol. The number of aryl methyl sites for hydroxylation is 2. The van der Waals surface area contributed by atoms with Crippen molar-refractivity contribution in [3.63, 3.8) is 0 Å². The molecule has 3 nitrogen and oxygen atoms in total. The number of ether oxygens (including phenoxy) is 1. The Morgan fingerprint density at radius 1 is 1.28 bits per heavy atom. The predicted octanol–water partition coefficient (Wildman–Crippen LogP) is 2.14. The second-order valence-electron chi connectivity index (χ2n) is 5.09. The van der Waals surface area contributed by atoms with Crippen molar-refractivity contribution < 1.29 is 9.84 Å². The van der Waals surface area contributed by atoms with Gasteiger partial charge in [0.2, 0.25) is 0 Å². The fraction of sp³-hybridized carbons (Fsp3) is 0.600. The van der Waals surface area contributed by atoms with E-state index in [2.05, 4.69) is 31.3 Å². The molecule has 1 rings (SSSR count). The van der Waals surface area contributed by atoms with E-state index in [1.807, 2.05) is 13.0 Å². The molecule has 0 aromatic heterocycles. The van der Waals surface area contributed by atoms with Gasteiger partial charge in [-0.3, -0.25) is 0 Å². The summed E-state index contributed by atoms with van der Waals surface area (Å²) in [7, 11) is 1.69. The van der Waals surface area contributed by atoms with Crippen molar-refractivity contribution in [2.24, 2.45) is 0 Å². The number of hydrogen-bond donors (Lipinski definition) is 2. The second-order valence-corrected chi connectivity index (χ2v) is 5.09. The molecule has 0 amide bonds. The Kier molecular flexibility index (Phi) is 5.79. The lowest BCUT2D eigenvalue weighted by Crippen LogP contribution is -2.30. The summed E-state index contributed by atoms with van der Waals surface area (Å²) in [6.07, 6.45) is 0.695. The van der Waals surface area contributed by atoms with E-state index in [9.17, 15) is 5.11 Å². The van der Waals surface area contributed by atoms with Crippen molar-refractivity contribution in [1.82, 2.24) is 5.32 Å². The maximum absolute atomic E-state index is 10.5. The number of hydrogen-bond acceptors (Lipinski definition) is 3. The number of rotatable bonds is 7. The van der Waals surface area contributed by atoms with Crippen molar-refractivity contribution in [2.75, 3.05) is 26.8 Å². The molecule has 2 N–H and O–H groups in total. The highest BCUT2D eigenvalue weighted by Gasteiger charge is 2.24. The SMILES string of the molecule is COCCNCCC(C)(O)c1ccc(C)cc1C. The summed E-state index contributed by atoms with van der Waals surface area (Å²) in [5, 5.41) is 13.8. The Morgan fingerprint density at radius 3 is 2.61 bits per heavy atom. The van der Waals surface area contributed by atoms with E-state index in [1.54, 1.807) is 7.11 Å². The molecular formula is C15H25NO2. The highest BCUT2D eigenvalue weighted by Crippen LogP contribution is 2.27. The lowest BCUT2D eigenvalue weighted by Gasteiger charge is -2.26. The van der Waals surface area contributed by atoms with Crippen LogP contribution in [0.2, 0.25) is 0 Å². The maximum Gasteiger partial charge on any atom is 0.0883 e. The summed E-state index contributed by atoms with van der Waals surface area (Å²) in [6.45, 7) is 8.30. The van der Waals surface area contributed by atoms with Gasteiger partial charge in [0.25, 0.3) is 0 Å². The summed E-state index contributed by atoms with van der Waals surface area (Å²) >= 11 is 0. The molecule has 1 unspecified atom stereocenters. The molecule has 0 aliphatic rings. The Hall–Kier alpha value is -0.900. The summed E-state index contributed by atoms with van der Waals surface area (Å²) in [5.41, 5.74) is 2.61. The third-order valence-electron chi connectivity index (χ3n) is 3.23. The highest BCUT2D eigenvalue weighted by molar-refractivity contribution is 5.34. The lowest BCUT2D eigenvalue weighted by molar-refractivity contribution is 0.0469. The minimum Gasteiger partial charge on any atom is -0.385 e. The average molecular weight is 251 g/mol. The average Bonchev–Trinajstić information content (AvgIpc) is 2.28. The Balaban J connectivity index is 2.56. The Bertz CT molecular complexity index is 375. The molecular weight excluding hydrogens is 226 g/mol. The highest BCUT2D eigenvalue weighted by atomic mass is 16.5. The Morgan fingerprint density at radius 2 is 2.00 bits per heavy atom. The number of methoxy groups -OCH3 is 1. The molecule has 0 fully saturated rings. The molecule has 1 aromatic carbocycles. The molecule has 0 spiro atoms. The van der Waals surface area contributed by atoms with E-state index in [-0.39, 0.29) is 0 Å².